The van der Waals surface area contributed by atoms with Crippen LogP contribution in [0.15, 0.2) is 25.3 Å². The maximum absolute atomic E-state index is 8.01. The van der Waals surface area contributed by atoms with Gasteiger partial charge in [0.05, 0.1) is 18.1 Å². The van der Waals surface area contributed by atoms with Crippen molar-refractivity contribution < 1.29 is 0 Å². The molecule has 0 aromatic carbocycles. The first-order valence-corrected chi connectivity index (χ1v) is 3.72. The Hall–Kier alpha value is -1.54. The molecule has 2 nitrogen and oxygen atoms in total. The van der Waals surface area contributed by atoms with Crippen LogP contribution in [0.4, 0.5) is 0 Å². The molecule has 1 unspecified atom stereocenters. The lowest BCUT2D eigenvalue weighted by atomic mass is 10.2. The van der Waals surface area contributed by atoms with Gasteiger partial charge in [-0.05, 0) is 13.3 Å². The Labute approximate surface area is 74.4 Å². The first-order valence-electron chi connectivity index (χ1n) is 3.72. The lowest BCUT2D eigenvalue weighted by Crippen LogP contribution is -1.76. The highest BCUT2D eigenvalue weighted by Crippen LogP contribution is 1.87. The van der Waals surface area contributed by atoms with Crippen LogP contribution in [0.3, 0.4) is 0 Å². The Bertz CT molecular complexity index is 193. The maximum atomic E-state index is 8.01. The van der Waals surface area contributed by atoms with Gasteiger partial charge >= 0.3 is 0 Å². The molecule has 0 N–H and O–H groups in total. The van der Waals surface area contributed by atoms with Crippen molar-refractivity contribution in [2.75, 3.05) is 0 Å². The zero-order valence-electron chi connectivity index (χ0n) is 7.45. The van der Waals surface area contributed by atoms with Gasteiger partial charge in [-0.1, -0.05) is 12.2 Å². The topological polar surface area (TPSA) is 47.6 Å². The van der Waals surface area contributed by atoms with E-state index in [0.717, 1.165) is 6.42 Å². The molecule has 0 saturated heterocycles. The molecule has 0 fully saturated rings. The molecule has 2 heteroatoms. The van der Waals surface area contributed by atoms with E-state index in [9.17, 15) is 0 Å². The average molecular weight is 162 g/mol. The van der Waals surface area contributed by atoms with Crippen molar-refractivity contribution in [3.8, 4) is 12.1 Å². The van der Waals surface area contributed by atoms with Crippen molar-refractivity contribution in [1.29, 1.82) is 10.5 Å². The Kier molecular flexibility index (Phi) is 13.3. The molecule has 0 bridgehead atoms. The summed E-state index contributed by atoms with van der Waals surface area (Å²) in [6.07, 6.45) is 4.77. The zero-order chi connectivity index (χ0) is 9.82. The Morgan fingerprint density at radius 2 is 2.00 bits per heavy atom. The van der Waals surface area contributed by atoms with E-state index in [1.54, 1.807) is 19.1 Å². The van der Waals surface area contributed by atoms with Crippen molar-refractivity contribution in [3.63, 3.8) is 0 Å². The van der Waals surface area contributed by atoms with Crippen molar-refractivity contribution in [2.45, 2.75) is 19.8 Å². The quantitative estimate of drug-likeness (QED) is 0.473. The maximum Gasteiger partial charge on any atom is 0.0694 e. The third-order valence-corrected chi connectivity index (χ3v) is 1.02. The van der Waals surface area contributed by atoms with E-state index >= 15 is 0 Å². The summed E-state index contributed by atoms with van der Waals surface area (Å²) in [6.45, 7) is 8.65. The molecule has 0 aliphatic rings. The molecule has 64 valence electrons. The second-order valence-corrected chi connectivity index (χ2v) is 2.14. The molecule has 0 aromatic heterocycles. The van der Waals surface area contributed by atoms with Gasteiger partial charge in [-0.25, -0.2) is 0 Å². The van der Waals surface area contributed by atoms with E-state index in [-0.39, 0.29) is 5.92 Å². The molecule has 1 atom stereocenters. The van der Waals surface area contributed by atoms with Crippen molar-refractivity contribution in [2.24, 2.45) is 5.92 Å². The molecule has 0 rings (SSSR count). The molecule has 0 aliphatic carbocycles. The van der Waals surface area contributed by atoms with Crippen molar-refractivity contribution >= 4 is 0 Å². The molecule has 0 radical (unpaired) electrons. The fourth-order valence-corrected chi connectivity index (χ4v) is 0.219. The van der Waals surface area contributed by atoms with Crippen LogP contribution in [0, 0.1) is 28.6 Å². The van der Waals surface area contributed by atoms with Crippen LogP contribution >= 0.6 is 0 Å². The fraction of sp³-hybridized carbons (Fsp3) is 0.400. The van der Waals surface area contributed by atoms with Crippen LogP contribution in [0.5, 0.6) is 0 Å². The zero-order valence-corrected chi connectivity index (χ0v) is 7.45. The number of nitriles is 2. The van der Waals surface area contributed by atoms with Gasteiger partial charge in [-0.3, -0.25) is 0 Å². The van der Waals surface area contributed by atoms with Gasteiger partial charge in [0.2, 0.25) is 0 Å². The summed E-state index contributed by atoms with van der Waals surface area (Å²) in [5.41, 5.74) is 0. The number of hydrogen-bond acceptors (Lipinski definition) is 2. The molecule has 0 spiro atoms. The first kappa shape index (κ1) is 13.1. The summed E-state index contributed by atoms with van der Waals surface area (Å²) < 4.78 is 0. The fourth-order valence-electron chi connectivity index (χ4n) is 0.219. The third-order valence-electron chi connectivity index (χ3n) is 1.02. The summed E-state index contributed by atoms with van der Waals surface area (Å²) in [6, 6.07) is 3.99. The van der Waals surface area contributed by atoms with Crippen LogP contribution in [-0.2, 0) is 0 Å². The van der Waals surface area contributed by atoms with Gasteiger partial charge in [-0.2, -0.15) is 10.5 Å². The molecule has 0 saturated carbocycles. The lowest BCUT2D eigenvalue weighted by molar-refractivity contribution is 0.960. The Morgan fingerprint density at radius 1 is 1.42 bits per heavy atom. The normalized spacial score (nSPS) is 9.25. The number of rotatable bonds is 3. The third kappa shape index (κ3) is 15.8. The smallest absolute Gasteiger partial charge is 0.0694 e. The second-order valence-electron chi connectivity index (χ2n) is 2.14. The summed E-state index contributed by atoms with van der Waals surface area (Å²) in [5.74, 6) is 0.00463. The van der Waals surface area contributed by atoms with Gasteiger partial charge in [0.15, 0.2) is 0 Å². The molecular formula is C10H14N2. The molecule has 0 amide bonds. The summed E-state index contributed by atoms with van der Waals surface area (Å²) in [4.78, 5) is 0. The van der Waals surface area contributed by atoms with E-state index in [4.69, 9.17) is 10.5 Å². The highest BCUT2D eigenvalue weighted by molar-refractivity contribution is 4.91. The Morgan fingerprint density at radius 3 is 2.08 bits per heavy atom. The standard InChI is InChI=1S/2C5H7N/c1-3-5(2)4-6;1-2-3-4-5-6/h3,5H,1H2,2H3;2H,1,3-4H2. The monoisotopic (exact) mass is 162 g/mol. The summed E-state index contributed by atoms with van der Waals surface area (Å²) in [7, 11) is 0. The largest absolute Gasteiger partial charge is 0.198 e. The predicted octanol–water partition coefficient (Wildman–Crippen LogP) is 2.81. The SMILES string of the molecule is C=CC(C)C#N.C=CCCC#N. The van der Waals surface area contributed by atoms with Crippen molar-refractivity contribution in [1.82, 2.24) is 0 Å². The molecule has 0 aromatic rings. The van der Waals surface area contributed by atoms with Crippen LogP contribution in [0.25, 0.3) is 0 Å². The van der Waals surface area contributed by atoms with Gasteiger partial charge in [0, 0.05) is 6.42 Å². The molecular weight excluding hydrogens is 148 g/mol. The summed E-state index contributed by atoms with van der Waals surface area (Å²) in [5, 5.41) is 15.9. The first-order chi connectivity index (χ1) is 5.72. The number of allylic oxidation sites excluding steroid dienone is 2. The molecule has 0 heterocycles. The van der Waals surface area contributed by atoms with Crippen LogP contribution in [-0.4, -0.2) is 0 Å². The minimum absolute atomic E-state index is 0.00463. The molecule has 12 heavy (non-hydrogen) atoms. The van der Waals surface area contributed by atoms with Crippen molar-refractivity contribution in [3.05, 3.63) is 25.3 Å². The highest BCUT2D eigenvalue weighted by atomic mass is 14.2. The molecule has 0 aliphatic heterocycles. The second kappa shape index (κ2) is 12.2. The van der Waals surface area contributed by atoms with Crippen LogP contribution in [0.1, 0.15) is 19.8 Å². The van der Waals surface area contributed by atoms with E-state index in [1.165, 1.54) is 0 Å². The van der Waals surface area contributed by atoms with Crippen LogP contribution < -0.4 is 0 Å². The van der Waals surface area contributed by atoms with E-state index in [1.807, 2.05) is 12.1 Å². The van der Waals surface area contributed by atoms with E-state index in [0.29, 0.717) is 6.42 Å². The average Bonchev–Trinajstić information content (AvgIpc) is 2.14. The summed E-state index contributed by atoms with van der Waals surface area (Å²) >= 11 is 0. The van der Waals surface area contributed by atoms with E-state index < -0.39 is 0 Å². The lowest BCUT2D eigenvalue weighted by Gasteiger charge is -1.80. The van der Waals surface area contributed by atoms with Gasteiger partial charge in [-0.15, -0.1) is 13.2 Å². The number of unbranched alkanes of at least 4 members (excludes halogenated alkanes) is 1. The minimum atomic E-state index is 0.00463. The Balaban J connectivity index is 0. The number of nitrogens with zero attached hydrogens (tertiary/aromatic N) is 2. The van der Waals surface area contributed by atoms with Gasteiger partial charge in [0.1, 0.15) is 0 Å². The predicted molar refractivity (Wildman–Crippen MR) is 50.0 cm³/mol. The van der Waals surface area contributed by atoms with Crippen LogP contribution in [0.2, 0.25) is 0 Å². The number of hydrogen-bond donors (Lipinski definition) is 0. The van der Waals surface area contributed by atoms with Gasteiger partial charge < -0.3 is 0 Å². The van der Waals surface area contributed by atoms with E-state index in [2.05, 4.69) is 13.2 Å². The van der Waals surface area contributed by atoms with Gasteiger partial charge in [0.25, 0.3) is 0 Å². The minimum Gasteiger partial charge on any atom is -0.198 e. The highest BCUT2D eigenvalue weighted by Gasteiger charge is 1.83.